The van der Waals surface area contributed by atoms with E-state index in [1.807, 2.05) is 6.07 Å². The van der Waals surface area contributed by atoms with Crippen molar-refractivity contribution in [3.63, 3.8) is 0 Å². The van der Waals surface area contributed by atoms with Crippen molar-refractivity contribution in [2.75, 3.05) is 19.6 Å². The van der Waals surface area contributed by atoms with E-state index in [9.17, 15) is 14.5 Å². The van der Waals surface area contributed by atoms with Crippen molar-refractivity contribution in [2.24, 2.45) is 7.05 Å². The molecule has 1 atom stereocenters. The highest BCUT2D eigenvalue weighted by Gasteiger charge is 2.28. The maximum Gasteiger partial charge on any atom is 0.386 e. The summed E-state index contributed by atoms with van der Waals surface area (Å²) in [6.07, 6.45) is 1.45. The summed E-state index contributed by atoms with van der Waals surface area (Å²) >= 11 is 0. The van der Waals surface area contributed by atoms with Gasteiger partial charge in [-0.25, -0.2) is 4.39 Å². The zero-order chi connectivity index (χ0) is 16.4. The van der Waals surface area contributed by atoms with Crippen LogP contribution in [0.2, 0.25) is 0 Å². The number of imidazole rings is 1. The molecule has 2 heterocycles. The lowest BCUT2D eigenvalue weighted by molar-refractivity contribution is -0.390. The van der Waals surface area contributed by atoms with Crippen LogP contribution in [0.3, 0.4) is 0 Å². The molecule has 3 rings (SSSR count). The van der Waals surface area contributed by atoms with Crippen LogP contribution in [-0.4, -0.2) is 39.0 Å². The number of nitrogens with zero attached hydrogens (tertiary/aromatic N) is 4. The van der Waals surface area contributed by atoms with E-state index in [0.29, 0.717) is 18.8 Å². The monoisotopic (exact) mass is 319 g/mol. The summed E-state index contributed by atoms with van der Waals surface area (Å²) in [5, 5.41) is 14.4. The number of aromatic nitrogens is 2. The highest BCUT2D eigenvalue weighted by molar-refractivity contribution is 5.28. The molecular weight excluding hydrogens is 301 g/mol. The number of piperazine rings is 1. The van der Waals surface area contributed by atoms with Gasteiger partial charge in [0.2, 0.25) is 6.33 Å². The Morgan fingerprint density at radius 1 is 1.52 bits per heavy atom. The highest BCUT2D eigenvalue weighted by atomic mass is 19.1. The van der Waals surface area contributed by atoms with Crippen molar-refractivity contribution in [3.05, 3.63) is 57.8 Å². The maximum atomic E-state index is 13.5. The van der Waals surface area contributed by atoms with Crippen molar-refractivity contribution in [3.8, 4) is 0 Å². The fourth-order valence-electron chi connectivity index (χ4n) is 2.95. The van der Waals surface area contributed by atoms with Crippen LogP contribution in [-0.2, 0) is 13.6 Å². The minimum absolute atomic E-state index is 0.0334. The first-order valence-electron chi connectivity index (χ1n) is 7.41. The lowest BCUT2D eigenvalue weighted by Crippen LogP contribution is -2.45. The Labute approximate surface area is 132 Å². The topological polar surface area (TPSA) is 76.2 Å². The summed E-state index contributed by atoms with van der Waals surface area (Å²) in [4.78, 5) is 16.6. The van der Waals surface area contributed by atoms with Gasteiger partial charge in [0, 0.05) is 39.3 Å². The zero-order valence-electron chi connectivity index (χ0n) is 12.8. The third-order valence-electron chi connectivity index (χ3n) is 4.15. The Hall–Kier alpha value is -2.32. The Bertz CT molecular complexity index is 718. The third-order valence-corrected chi connectivity index (χ3v) is 4.15. The van der Waals surface area contributed by atoms with Gasteiger partial charge < -0.3 is 20.0 Å². The van der Waals surface area contributed by atoms with Crippen molar-refractivity contribution in [1.29, 1.82) is 0 Å². The summed E-state index contributed by atoms with van der Waals surface area (Å²) in [6, 6.07) is 6.46. The molecule has 1 aliphatic rings. The van der Waals surface area contributed by atoms with E-state index in [1.165, 1.54) is 18.5 Å². The second-order valence-electron chi connectivity index (χ2n) is 5.63. The van der Waals surface area contributed by atoms with Gasteiger partial charge in [0.1, 0.15) is 11.5 Å². The lowest BCUT2D eigenvalue weighted by atomic mass is 10.0. The van der Waals surface area contributed by atoms with E-state index in [4.69, 9.17) is 0 Å². The Morgan fingerprint density at radius 3 is 3.09 bits per heavy atom. The van der Waals surface area contributed by atoms with Crippen LogP contribution >= 0.6 is 0 Å². The minimum Gasteiger partial charge on any atom is -0.358 e. The van der Waals surface area contributed by atoms with Crippen LogP contribution in [0.15, 0.2) is 30.6 Å². The first kappa shape index (κ1) is 15.6. The van der Waals surface area contributed by atoms with Crippen LogP contribution in [0, 0.1) is 15.9 Å². The molecule has 1 aromatic carbocycles. The summed E-state index contributed by atoms with van der Waals surface area (Å²) in [5.41, 5.74) is 1.42. The summed E-state index contributed by atoms with van der Waals surface area (Å²) in [5.74, 6) is -0.399. The zero-order valence-corrected chi connectivity index (χ0v) is 12.8. The molecule has 1 saturated heterocycles. The van der Waals surface area contributed by atoms with Crippen LogP contribution in [0.25, 0.3) is 0 Å². The fraction of sp³-hybridized carbons (Fsp3) is 0.400. The summed E-state index contributed by atoms with van der Waals surface area (Å²) in [7, 11) is 1.74. The van der Waals surface area contributed by atoms with Crippen molar-refractivity contribution in [2.45, 2.75) is 12.6 Å². The van der Waals surface area contributed by atoms with E-state index in [-0.39, 0.29) is 17.7 Å². The molecule has 0 aliphatic carbocycles. The Morgan fingerprint density at radius 2 is 2.35 bits per heavy atom. The first-order chi connectivity index (χ1) is 11.1. The van der Waals surface area contributed by atoms with Crippen LogP contribution in [0.4, 0.5) is 10.2 Å². The Balaban J connectivity index is 1.88. The van der Waals surface area contributed by atoms with Gasteiger partial charge in [-0.1, -0.05) is 12.1 Å². The molecule has 1 aliphatic heterocycles. The number of nitrogens with one attached hydrogen (secondary N) is 1. The van der Waals surface area contributed by atoms with Crippen LogP contribution < -0.4 is 5.32 Å². The van der Waals surface area contributed by atoms with Crippen molar-refractivity contribution in [1.82, 2.24) is 19.8 Å². The fourth-order valence-corrected chi connectivity index (χ4v) is 2.95. The summed E-state index contributed by atoms with van der Waals surface area (Å²) in [6.45, 7) is 2.59. The van der Waals surface area contributed by atoms with E-state index < -0.39 is 4.92 Å². The van der Waals surface area contributed by atoms with Gasteiger partial charge in [-0.2, -0.15) is 0 Å². The molecule has 122 valence electrons. The molecule has 1 N–H and O–H groups in total. The minimum atomic E-state index is -0.464. The first-order valence-corrected chi connectivity index (χ1v) is 7.41. The molecule has 7 nitrogen and oxygen atoms in total. The predicted molar refractivity (Wildman–Crippen MR) is 82.3 cm³/mol. The molecule has 0 bridgehead atoms. The van der Waals surface area contributed by atoms with Crippen LogP contribution in [0.1, 0.15) is 17.3 Å². The van der Waals surface area contributed by atoms with Gasteiger partial charge in [0.05, 0.1) is 0 Å². The van der Waals surface area contributed by atoms with Gasteiger partial charge in [-0.15, -0.1) is 0 Å². The highest BCUT2D eigenvalue weighted by Crippen LogP contribution is 2.27. The number of halogens is 1. The average molecular weight is 319 g/mol. The van der Waals surface area contributed by atoms with E-state index in [2.05, 4.69) is 15.2 Å². The molecule has 0 spiro atoms. The number of rotatable bonds is 4. The largest absolute Gasteiger partial charge is 0.386 e. The summed E-state index contributed by atoms with van der Waals surface area (Å²) < 4.78 is 15.2. The number of nitro groups is 1. The molecule has 23 heavy (non-hydrogen) atoms. The molecule has 1 unspecified atom stereocenters. The number of aryl methyl sites for hydroxylation is 1. The van der Waals surface area contributed by atoms with Crippen LogP contribution in [0.5, 0.6) is 0 Å². The Kier molecular flexibility index (Phi) is 4.35. The second kappa shape index (κ2) is 6.43. The molecule has 0 amide bonds. The molecule has 8 heteroatoms. The van der Waals surface area contributed by atoms with Gasteiger partial charge >= 0.3 is 5.82 Å². The lowest BCUT2D eigenvalue weighted by Gasteiger charge is -2.36. The SMILES string of the molecule is Cn1cnc([N+](=O)[O-])c1CN1CCNCC1c1cccc(F)c1. The smallest absolute Gasteiger partial charge is 0.358 e. The van der Waals surface area contributed by atoms with E-state index in [1.54, 1.807) is 17.7 Å². The number of hydrogen-bond acceptors (Lipinski definition) is 5. The van der Waals surface area contributed by atoms with Gasteiger partial charge in [-0.05, 0) is 27.6 Å². The molecule has 1 fully saturated rings. The van der Waals surface area contributed by atoms with Gasteiger partial charge in [0.15, 0.2) is 0 Å². The molecule has 0 saturated carbocycles. The third kappa shape index (κ3) is 3.22. The standard InChI is InChI=1S/C15H18FN5O2/c1-19-10-18-15(21(22)23)14(19)9-20-6-5-17-8-13(20)11-3-2-4-12(16)7-11/h2-4,7,10,13,17H,5-6,8-9H2,1H3. The maximum absolute atomic E-state index is 13.5. The quantitative estimate of drug-likeness (QED) is 0.684. The molecule has 1 aromatic heterocycles. The van der Waals surface area contributed by atoms with E-state index in [0.717, 1.165) is 18.7 Å². The number of benzene rings is 1. The van der Waals surface area contributed by atoms with Crippen molar-refractivity contribution < 1.29 is 9.31 Å². The normalized spacial score (nSPS) is 19.0. The second-order valence-corrected chi connectivity index (χ2v) is 5.63. The number of hydrogen-bond donors (Lipinski definition) is 1. The molecular formula is C15H18FN5O2. The predicted octanol–water partition coefficient (Wildman–Crippen LogP) is 1.61. The van der Waals surface area contributed by atoms with E-state index >= 15 is 0 Å². The molecule has 2 aromatic rings. The van der Waals surface area contributed by atoms with Crippen molar-refractivity contribution >= 4 is 5.82 Å². The van der Waals surface area contributed by atoms with Gasteiger partial charge in [-0.3, -0.25) is 4.90 Å². The average Bonchev–Trinajstić information content (AvgIpc) is 2.89. The van der Waals surface area contributed by atoms with Gasteiger partial charge in [0.25, 0.3) is 0 Å². The molecule has 0 radical (unpaired) electrons.